The van der Waals surface area contributed by atoms with Gasteiger partial charge in [0.25, 0.3) is 0 Å². The second kappa shape index (κ2) is 5.09. The highest BCUT2D eigenvalue weighted by Crippen LogP contribution is 2.25. The van der Waals surface area contributed by atoms with E-state index < -0.39 is 6.36 Å². The number of halogens is 3. The number of ether oxygens (including phenoxy) is 1. The summed E-state index contributed by atoms with van der Waals surface area (Å²) in [6, 6.07) is 5.88. The molecule has 0 atom stereocenters. The maximum Gasteiger partial charge on any atom is 0.573 e. The van der Waals surface area contributed by atoms with Crippen molar-refractivity contribution < 1.29 is 17.9 Å². The summed E-state index contributed by atoms with van der Waals surface area (Å²) < 4.78 is 39.5. The van der Waals surface area contributed by atoms with Gasteiger partial charge in [0, 0.05) is 18.8 Å². The molecule has 90 valence electrons. The van der Waals surface area contributed by atoms with Gasteiger partial charge in [-0.25, -0.2) is 0 Å². The Morgan fingerprint density at radius 3 is 1.94 bits per heavy atom. The molecule has 0 saturated carbocycles. The molecule has 0 heterocycles. The van der Waals surface area contributed by atoms with Crippen LogP contribution in [0.3, 0.4) is 0 Å². The zero-order chi connectivity index (χ0) is 12.2. The van der Waals surface area contributed by atoms with E-state index in [1.165, 1.54) is 12.1 Å². The van der Waals surface area contributed by atoms with Gasteiger partial charge in [-0.1, -0.05) is 0 Å². The third-order valence-electron chi connectivity index (χ3n) is 2.20. The molecule has 0 N–H and O–H groups in total. The van der Waals surface area contributed by atoms with E-state index in [-0.39, 0.29) is 5.75 Å². The van der Waals surface area contributed by atoms with Crippen LogP contribution < -0.4 is 9.64 Å². The molecule has 0 saturated heterocycles. The van der Waals surface area contributed by atoms with Crippen molar-refractivity contribution in [1.82, 2.24) is 0 Å². The Labute approximate surface area is 92.6 Å². The van der Waals surface area contributed by atoms with Gasteiger partial charge >= 0.3 is 6.36 Å². The summed E-state index contributed by atoms with van der Waals surface area (Å²) in [5, 5.41) is 0. The monoisotopic (exact) mass is 233 g/mol. The normalized spacial score (nSPS) is 11.3. The lowest BCUT2D eigenvalue weighted by atomic mass is 10.2. The number of alkyl halides is 3. The Hall–Kier alpha value is -1.39. The number of rotatable bonds is 4. The smallest absolute Gasteiger partial charge is 0.406 e. The van der Waals surface area contributed by atoms with Crippen molar-refractivity contribution in [1.29, 1.82) is 0 Å². The van der Waals surface area contributed by atoms with Gasteiger partial charge in [-0.3, -0.25) is 0 Å². The van der Waals surface area contributed by atoms with Crippen molar-refractivity contribution in [2.75, 3.05) is 18.0 Å². The van der Waals surface area contributed by atoms with Crippen LogP contribution in [0.2, 0.25) is 0 Å². The van der Waals surface area contributed by atoms with Gasteiger partial charge in [-0.15, -0.1) is 13.2 Å². The topological polar surface area (TPSA) is 12.5 Å². The molecule has 0 amide bonds. The van der Waals surface area contributed by atoms with Crippen LogP contribution in [-0.2, 0) is 0 Å². The van der Waals surface area contributed by atoms with E-state index in [1.807, 2.05) is 18.7 Å². The van der Waals surface area contributed by atoms with Crippen LogP contribution in [0.5, 0.6) is 5.75 Å². The highest BCUT2D eigenvalue weighted by Gasteiger charge is 2.30. The van der Waals surface area contributed by atoms with Crippen LogP contribution in [0.15, 0.2) is 24.3 Å². The molecule has 1 aromatic carbocycles. The fourth-order valence-corrected chi connectivity index (χ4v) is 1.45. The first-order chi connectivity index (χ1) is 7.46. The minimum Gasteiger partial charge on any atom is -0.406 e. The maximum absolute atomic E-state index is 11.9. The van der Waals surface area contributed by atoms with Crippen LogP contribution in [0, 0.1) is 0 Å². The number of nitrogens with zero attached hydrogens (tertiary/aromatic N) is 1. The SMILES string of the molecule is CCN(CC)c1ccc(OC(F)(F)F)cc1. The minimum atomic E-state index is -4.63. The zero-order valence-corrected chi connectivity index (χ0v) is 9.21. The first-order valence-corrected chi connectivity index (χ1v) is 5.07. The van der Waals surface area contributed by atoms with Crippen molar-refractivity contribution >= 4 is 5.69 Å². The van der Waals surface area contributed by atoms with Gasteiger partial charge in [0.15, 0.2) is 0 Å². The Balaban J connectivity index is 2.75. The number of anilines is 1. The molecule has 5 heteroatoms. The number of hydrogen-bond donors (Lipinski definition) is 0. The second-order valence-electron chi connectivity index (χ2n) is 3.21. The highest BCUT2D eigenvalue weighted by molar-refractivity contribution is 5.48. The lowest BCUT2D eigenvalue weighted by molar-refractivity contribution is -0.274. The van der Waals surface area contributed by atoms with Crippen molar-refractivity contribution in [2.45, 2.75) is 20.2 Å². The van der Waals surface area contributed by atoms with E-state index in [0.29, 0.717) is 0 Å². The fraction of sp³-hybridized carbons (Fsp3) is 0.455. The van der Waals surface area contributed by atoms with Gasteiger partial charge in [0.2, 0.25) is 0 Å². The van der Waals surface area contributed by atoms with E-state index in [0.717, 1.165) is 18.8 Å². The summed E-state index contributed by atoms with van der Waals surface area (Å²) in [5.74, 6) is -0.191. The van der Waals surface area contributed by atoms with Gasteiger partial charge in [-0.05, 0) is 38.1 Å². The van der Waals surface area contributed by atoms with E-state index in [4.69, 9.17) is 0 Å². The summed E-state index contributed by atoms with van der Waals surface area (Å²) in [7, 11) is 0. The molecular formula is C11H14F3NO. The first-order valence-electron chi connectivity index (χ1n) is 5.07. The third kappa shape index (κ3) is 3.64. The molecule has 0 spiro atoms. The summed E-state index contributed by atoms with van der Waals surface area (Å²) >= 11 is 0. The predicted molar refractivity (Wildman–Crippen MR) is 56.7 cm³/mol. The summed E-state index contributed by atoms with van der Waals surface area (Å²) in [4.78, 5) is 2.04. The second-order valence-corrected chi connectivity index (χ2v) is 3.21. The molecule has 0 fully saturated rings. The van der Waals surface area contributed by atoms with Crippen molar-refractivity contribution in [2.24, 2.45) is 0 Å². The molecule has 0 unspecified atom stereocenters. The van der Waals surface area contributed by atoms with Gasteiger partial charge in [0.05, 0.1) is 0 Å². The lowest BCUT2D eigenvalue weighted by Gasteiger charge is -2.21. The first kappa shape index (κ1) is 12.7. The maximum atomic E-state index is 11.9. The third-order valence-corrected chi connectivity index (χ3v) is 2.20. The molecule has 0 bridgehead atoms. The van der Waals surface area contributed by atoms with E-state index in [9.17, 15) is 13.2 Å². The van der Waals surface area contributed by atoms with Crippen molar-refractivity contribution in [3.63, 3.8) is 0 Å². The Bertz CT molecular complexity index is 317. The molecule has 0 aliphatic rings. The van der Waals surface area contributed by atoms with Crippen LogP contribution >= 0.6 is 0 Å². The molecule has 0 aromatic heterocycles. The Morgan fingerprint density at radius 1 is 1.06 bits per heavy atom. The lowest BCUT2D eigenvalue weighted by Crippen LogP contribution is -2.21. The molecule has 0 aliphatic carbocycles. The van der Waals surface area contributed by atoms with E-state index in [2.05, 4.69) is 4.74 Å². The average molecular weight is 233 g/mol. The highest BCUT2D eigenvalue weighted by atomic mass is 19.4. The molecule has 2 nitrogen and oxygen atoms in total. The van der Waals surface area contributed by atoms with E-state index in [1.54, 1.807) is 12.1 Å². The predicted octanol–water partition coefficient (Wildman–Crippen LogP) is 3.43. The quantitative estimate of drug-likeness (QED) is 0.790. The van der Waals surface area contributed by atoms with Gasteiger partial charge in [-0.2, -0.15) is 0 Å². The van der Waals surface area contributed by atoms with Crippen LogP contribution in [-0.4, -0.2) is 19.5 Å². The summed E-state index contributed by atoms with van der Waals surface area (Å²) in [6.07, 6.45) is -4.63. The van der Waals surface area contributed by atoms with Gasteiger partial charge in [0.1, 0.15) is 5.75 Å². The summed E-state index contributed by atoms with van der Waals surface area (Å²) in [6.45, 7) is 5.61. The fourth-order valence-electron chi connectivity index (χ4n) is 1.45. The largest absolute Gasteiger partial charge is 0.573 e. The molecule has 0 aliphatic heterocycles. The average Bonchev–Trinajstić information content (AvgIpc) is 2.20. The van der Waals surface area contributed by atoms with Crippen LogP contribution in [0.1, 0.15) is 13.8 Å². The van der Waals surface area contributed by atoms with Crippen molar-refractivity contribution in [3.8, 4) is 5.75 Å². The minimum absolute atomic E-state index is 0.191. The van der Waals surface area contributed by atoms with E-state index >= 15 is 0 Å². The standard InChI is InChI=1S/C11H14F3NO/c1-3-15(4-2)9-5-7-10(8-6-9)16-11(12,13)14/h5-8H,3-4H2,1-2H3. The zero-order valence-electron chi connectivity index (χ0n) is 9.21. The van der Waals surface area contributed by atoms with Crippen LogP contribution in [0.25, 0.3) is 0 Å². The number of benzene rings is 1. The summed E-state index contributed by atoms with van der Waals surface area (Å²) in [5.41, 5.74) is 0.888. The van der Waals surface area contributed by atoms with Crippen LogP contribution in [0.4, 0.5) is 18.9 Å². The number of hydrogen-bond acceptors (Lipinski definition) is 2. The Kier molecular flexibility index (Phi) is 4.04. The molecular weight excluding hydrogens is 219 g/mol. The Morgan fingerprint density at radius 2 is 1.56 bits per heavy atom. The molecule has 1 rings (SSSR count). The van der Waals surface area contributed by atoms with Crippen molar-refractivity contribution in [3.05, 3.63) is 24.3 Å². The molecule has 0 radical (unpaired) electrons. The molecule has 16 heavy (non-hydrogen) atoms. The van der Waals surface area contributed by atoms with Gasteiger partial charge < -0.3 is 9.64 Å². The molecule has 1 aromatic rings.